The number of carboxylic acids is 1. The van der Waals surface area contributed by atoms with Crippen LogP contribution < -0.4 is 0 Å². The molecule has 0 saturated carbocycles. The number of benzene rings is 2. The smallest absolute Gasteiger partial charge is 0.324 e. The van der Waals surface area contributed by atoms with Gasteiger partial charge in [-0.15, -0.1) is 0 Å². The Morgan fingerprint density at radius 1 is 1.29 bits per heavy atom. The molecule has 1 atom stereocenters. The van der Waals surface area contributed by atoms with Crippen molar-refractivity contribution in [2.45, 2.75) is 19.5 Å². The number of ether oxygens (including phenoxy) is 1. The third-order valence-electron chi connectivity index (χ3n) is 3.30. The summed E-state index contributed by atoms with van der Waals surface area (Å²) < 4.78 is 6.49. The molecule has 21 heavy (non-hydrogen) atoms. The third kappa shape index (κ3) is 3.94. The second-order valence-corrected chi connectivity index (χ2v) is 5.14. The number of hydrogen-bond donors (Lipinski definition) is 1. The van der Waals surface area contributed by atoms with Gasteiger partial charge in [0.05, 0.1) is 6.61 Å². The fraction of sp³-hybridized carbons (Fsp3) is 0.312. The molecule has 0 spiro atoms. The molecule has 0 aliphatic heterocycles. The number of aliphatic carboxylic acids is 1. The predicted molar refractivity (Wildman–Crippen MR) is 83.3 cm³/mol. The van der Waals surface area contributed by atoms with Gasteiger partial charge in [0.2, 0.25) is 0 Å². The van der Waals surface area contributed by atoms with Gasteiger partial charge in [0.15, 0.2) is 0 Å². The van der Waals surface area contributed by atoms with Crippen molar-refractivity contribution < 1.29 is 14.6 Å². The molecule has 112 valence electrons. The van der Waals surface area contributed by atoms with Crippen LogP contribution >= 0.6 is 11.8 Å². The Morgan fingerprint density at radius 2 is 2.00 bits per heavy atom. The van der Waals surface area contributed by atoms with E-state index in [1.165, 1.54) is 4.42 Å². The molecule has 4 nitrogen and oxygen atoms in total. The van der Waals surface area contributed by atoms with Crippen molar-refractivity contribution in [2.75, 3.05) is 13.2 Å². The Kier molecular flexibility index (Phi) is 5.56. The van der Waals surface area contributed by atoms with Crippen LogP contribution in [-0.4, -0.2) is 34.8 Å². The zero-order chi connectivity index (χ0) is 15.2. The molecular weight excluding hydrogens is 290 g/mol. The lowest BCUT2D eigenvalue weighted by Crippen LogP contribution is -2.38. The molecule has 0 heterocycles. The van der Waals surface area contributed by atoms with Gasteiger partial charge in [0.25, 0.3) is 0 Å². The van der Waals surface area contributed by atoms with E-state index in [9.17, 15) is 9.90 Å². The van der Waals surface area contributed by atoms with Gasteiger partial charge in [-0.2, -0.15) is 4.42 Å². The Balaban J connectivity index is 2.20. The first-order valence-electron chi connectivity index (χ1n) is 6.83. The highest BCUT2D eigenvalue weighted by Gasteiger charge is 2.25. The average Bonchev–Trinajstić information content (AvgIpc) is 2.47. The minimum absolute atomic E-state index is 0.0695. The van der Waals surface area contributed by atoms with E-state index in [2.05, 4.69) is 0 Å². The number of halogens is 1. The minimum atomic E-state index is -0.987. The Hall–Kier alpha value is -1.62. The van der Waals surface area contributed by atoms with E-state index >= 15 is 0 Å². The molecule has 0 saturated heterocycles. The van der Waals surface area contributed by atoms with Crippen molar-refractivity contribution >= 4 is 28.5 Å². The normalized spacial score (nSPS) is 12.7. The summed E-state index contributed by atoms with van der Waals surface area (Å²) in [6, 6.07) is 13.0. The predicted octanol–water partition coefficient (Wildman–Crippen LogP) is 3.29. The number of carboxylic acid groups (broad SMARTS) is 1. The molecule has 0 amide bonds. The zero-order valence-electron chi connectivity index (χ0n) is 11.8. The van der Waals surface area contributed by atoms with Gasteiger partial charge in [-0.05, 0) is 35.0 Å². The molecule has 0 aliphatic carbocycles. The van der Waals surface area contributed by atoms with Crippen molar-refractivity contribution in [1.82, 2.24) is 4.42 Å². The molecule has 0 aliphatic rings. The summed E-state index contributed by atoms with van der Waals surface area (Å²) in [4.78, 5) is 11.3. The van der Waals surface area contributed by atoms with Crippen molar-refractivity contribution in [2.24, 2.45) is 0 Å². The summed E-state index contributed by atoms with van der Waals surface area (Å²) in [7, 11) is 0. The summed E-state index contributed by atoms with van der Waals surface area (Å²) in [6.45, 7) is 2.69. The van der Waals surface area contributed by atoms with Crippen molar-refractivity contribution in [1.29, 1.82) is 0 Å². The lowest BCUT2D eigenvalue weighted by Gasteiger charge is -2.22. The standard InChI is InChI=1S/C16H18ClNO3/c1-2-21-11-15(16(19)20)18(17)10-13-8-5-7-12-6-3-4-9-14(12)13/h3-9,15H,2,10-11H2,1H3,(H,19,20). The first-order valence-corrected chi connectivity index (χ1v) is 7.17. The molecule has 0 radical (unpaired) electrons. The van der Waals surface area contributed by atoms with E-state index in [4.69, 9.17) is 16.5 Å². The van der Waals surface area contributed by atoms with Gasteiger partial charge >= 0.3 is 5.97 Å². The van der Waals surface area contributed by atoms with Crippen LogP contribution in [0.1, 0.15) is 12.5 Å². The maximum Gasteiger partial charge on any atom is 0.324 e. The zero-order valence-corrected chi connectivity index (χ0v) is 12.6. The van der Waals surface area contributed by atoms with Gasteiger partial charge < -0.3 is 9.84 Å². The van der Waals surface area contributed by atoms with Crippen LogP contribution in [0, 0.1) is 0 Å². The second-order valence-electron chi connectivity index (χ2n) is 4.71. The molecule has 1 unspecified atom stereocenters. The molecule has 0 fully saturated rings. The van der Waals surface area contributed by atoms with Crippen LogP contribution in [0.25, 0.3) is 10.8 Å². The topological polar surface area (TPSA) is 49.8 Å². The van der Waals surface area contributed by atoms with Gasteiger partial charge in [-0.1, -0.05) is 42.5 Å². The SMILES string of the molecule is CCOCC(C(=O)O)N(Cl)Cc1cccc2ccccc12. The molecule has 2 aromatic carbocycles. The second kappa shape index (κ2) is 7.41. The van der Waals surface area contributed by atoms with Crippen LogP contribution in [0.4, 0.5) is 0 Å². The lowest BCUT2D eigenvalue weighted by atomic mass is 10.0. The average molecular weight is 308 g/mol. The van der Waals surface area contributed by atoms with Crippen LogP contribution in [0.5, 0.6) is 0 Å². The van der Waals surface area contributed by atoms with Gasteiger partial charge in [0, 0.05) is 13.2 Å². The van der Waals surface area contributed by atoms with E-state index in [1.54, 1.807) is 0 Å². The maximum atomic E-state index is 11.3. The summed E-state index contributed by atoms with van der Waals surface area (Å²) in [5.74, 6) is -0.987. The number of carbonyl (C=O) groups is 1. The highest BCUT2D eigenvalue weighted by molar-refractivity contribution is 6.14. The van der Waals surface area contributed by atoms with Gasteiger partial charge in [-0.25, -0.2) is 0 Å². The minimum Gasteiger partial charge on any atom is -0.480 e. The molecular formula is C16H18ClNO3. The molecule has 0 bridgehead atoms. The summed E-state index contributed by atoms with van der Waals surface area (Å²) in [5.41, 5.74) is 0.992. The Morgan fingerprint density at radius 3 is 2.71 bits per heavy atom. The molecule has 1 N–H and O–H groups in total. The number of rotatable bonds is 7. The van der Waals surface area contributed by atoms with Crippen molar-refractivity contribution in [3.63, 3.8) is 0 Å². The Bertz CT molecular complexity index is 612. The van der Waals surface area contributed by atoms with E-state index < -0.39 is 12.0 Å². The lowest BCUT2D eigenvalue weighted by molar-refractivity contribution is -0.143. The molecule has 5 heteroatoms. The molecule has 2 aromatic rings. The van der Waals surface area contributed by atoms with Gasteiger partial charge in [-0.3, -0.25) is 4.79 Å². The third-order valence-corrected chi connectivity index (χ3v) is 3.66. The monoisotopic (exact) mass is 307 g/mol. The van der Waals surface area contributed by atoms with Crippen LogP contribution in [-0.2, 0) is 16.1 Å². The quantitative estimate of drug-likeness (QED) is 0.798. The Labute approximate surface area is 129 Å². The first-order chi connectivity index (χ1) is 10.1. The fourth-order valence-electron chi connectivity index (χ4n) is 2.20. The van der Waals surface area contributed by atoms with E-state index in [0.29, 0.717) is 13.2 Å². The number of fused-ring (bicyclic) bond motifs is 1. The fourth-order valence-corrected chi connectivity index (χ4v) is 2.47. The van der Waals surface area contributed by atoms with Crippen LogP contribution in [0.3, 0.4) is 0 Å². The van der Waals surface area contributed by atoms with Crippen molar-refractivity contribution in [3.8, 4) is 0 Å². The highest BCUT2D eigenvalue weighted by Crippen LogP contribution is 2.21. The van der Waals surface area contributed by atoms with Crippen LogP contribution in [0.2, 0.25) is 0 Å². The summed E-state index contributed by atoms with van der Waals surface area (Å²) in [5, 5.41) is 11.4. The maximum absolute atomic E-state index is 11.3. The highest BCUT2D eigenvalue weighted by atomic mass is 35.5. The first kappa shape index (κ1) is 15.8. The number of nitrogens with zero attached hydrogens (tertiary/aromatic N) is 1. The molecule has 0 aromatic heterocycles. The van der Waals surface area contributed by atoms with Crippen molar-refractivity contribution in [3.05, 3.63) is 48.0 Å². The number of hydrogen-bond acceptors (Lipinski definition) is 3. The van der Waals surface area contributed by atoms with Crippen LogP contribution in [0.15, 0.2) is 42.5 Å². The molecule has 2 rings (SSSR count). The van der Waals surface area contributed by atoms with E-state index in [0.717, 1.165) is 16.3 Å². The van der Waals surface area contributed by atoms with Gasteiger partial charge in [0.1, 0.15) is 6.04 Å². The largest absolute Gasteiger partial charge is 0.480 e. The summed E-state index contributed by atoms with van der Waals surface area (Å²) >= 11 is 6.18. The van der Waals surface area contributed by atoms with E-state index in [-0.39, 0.29) is 6.61 Å². The van der Waals surface area contributed by atoms with E-state index in [1.807, 2.05) is 49.4 Å². The summed E-state index contributed by atoms with van der Waals surface area (Å²) in [6.07, 6.45) is 0.